The second kappa shape index (κ2) is 13.2. The molecule has 8 heteroatoms. The van der Waals surface area contributed by atoms with E-state index in [1.54, 1.807) is 25.5 Å². The predicted molar refractivity (Wildman–Crippen MR) is 97.8 cm³/mol. The average Bonchev–Trinajstić information content (AvgIpc) is 2.87. The lowest BCUT2D eigenvalue weighted by molar-refractivity contribution is 0.0698. The van der Waals surface area contributed by atoms with Crippen LogP contribution < -0.4 is 10.6 Å². The summed E-state index contributed by atoms with van der Waals surface area (Å²) in [5, 5.41) is 7.59. The minimum atomic E-state index is 0. The number of nitrogens with zero attached hydrogens (tertiary/aromatic N) is 2. The van der Waals surface area contributed by atoms with E-state index >= 15 is 0 Å². The number of guanidine groups is 1. The lowest BCUT2D eigenvalue weighted by atomic mass is 10.4. The summed E-state index contributed by atoms with van der Waals surface area (Å²) in [5.41, 5.74) is 0. The highest BCUT2D eigenvalue weighted by atomic mass is 127. The summed E-state index contributed by atoms with van der Waals surface area (Å²) in [7, 11) is 3.44. The molecule has 1 rings (SSSR count). The van der Waals surface area contributed by atoms with Crippen LogP contribution in [0, 0.1) is 6.92 Å². The second-order valence-corrected chi connectivity index (χ2v) is 5.48. The Balaban J connectivity index is 0.00000400. The number of ether oxygens (including phenoxy) is 2. The van der Waals surface area contributed by atoms with Crippen LogP contribution in [0.3, 0.4) is 0 Å². The minimum absolute atomic E-state index is 0. The molecule has 21 heavy (non-hydrogen) atoms. The molecule has 0 bridgehead atoms. The summed E-state index contributed by atoms with van der Waals surface area (Å²) in [6.45, 7) is 5.59. The molecule has 0 aromatic carbocycles. The van der Waals surface area contributed by atoms with Crippen LogP contribution in [0.4, 0.5) is 0 Å². The molecular weight excluding hydrogens is 403 g/mol. The highest BCUT2D eigenvalue weighted by Gasteiger charge is 2.00. The van der Waals surface area contributed by atoms with Crippen molar-refractivity contribution < 1.29 is 9.47 Å². The van der Waals surface area contributed by atoms with Crippen molar-refractivity contribution in [1.29, 1.82) is 0 Å². The average molecular weight is 428 g/mol. The van der Waals surface area contributed by atoms with E-state index < -0.39 is 0 Å². The van der Waals surface area contributed by atoms with Gasteiger partial charge >= 0.3 is 0 Å². The third kappa shape index (κ3) is 9.99. The third-order valence-corrected chi connectivity index (χ3v) is 3.43. The Kier molecular flexibility index (Phi) is 12.9. The van der Waals surface area contributed by atoms with Crippen LogP contribution in [0.25, 0.3) is 0 Å². The van der Waals surface area contributed by atoms with Gasteiger partial charge in [0.15, 0.2) is 5.96 Å². The van der Waals surface area contributed by atoms with Gasteiger partial charge < -0.3 is 20.1 Å². The fraction of sp³-hybridized carbons (Fsp3) is 0.692. The Morgan fingerprint density at radius 1 is 1.33 bits per heavy atom. The maximum absolute atomic E-state index is 5.39. The Hall–Kier alpha value is -0.450. The number of aliphatic imine (C=N–C) groups is 1. The van der Waals surface area contributed by atoms with Crippen LogP contribution in [-0.4, -0.2) is 51.5 Å². The molecule has 122 valence electrons. The molecule has 0 aliphatic rings. The lowest BCUT2D eigenvalue weighted by Crippen LogP contribution is -2.37. The molecule has 0 saturated carbocycles. The summed E-state index contributed by atoms with van der Waals surface area (Å²) >= 11 is 1.69. The number of hydrogen-bond donors (Lipinski definition) is 2. The summed E-state index contributed by atoms with van der Waals surface area (Å²) in [6.07, 6.45) is 2.83. The van der Waals surface area contributed by atoms with Gasteiger partial charge in [0.05, 0.1) is 24.8 Å². The van der Waals surface area contributed by atoms with Crippen molar-refractivity contribution in [3.63, 3.8) is 0 Å². The maximum Gasteiger partial charge on any atom is 0.191 e. The van der Waals surface area contributed by atoms with Crippen molar-refractivity contribution in [3.8, 4) is 0 Å². The predicted octanol–water partition coefficient (Wildman–Crippen LogP) is 1.79. The first kappa shape index (κ1) is 20.6. The van der Waals surface area contributed by atoms with E-state index in [0.29, 0.717) is 13.2 Å². The quantitative estimate of drug-likeness (QED) is 0.272. The van der Waals surface area contributed by atoms with Gasteiger partial charge in [0.2, 0.25) is 0 Å². The Morgan fingerprint density at radius 3 is 2.76 bits per heavy atom. The van der Waals surface area contributed by atoms with Gasteiger partial charge in [-0.25, -0.2) is 4.98 Å². The first-order valence-electron chi connectivity index (χ1n) is 6.68. The molecule has 2 N–H and O–H groups in total. The van der Waals surface area contributed by atoms with Crippen LogP contribution in [0.2, 0.25) is 0 Å². The number of aromatic nitrogens is 1. The minimum Gasteiger partial charge on any atom is -0.382 e. The van der Waals surface area contributed by atoms with Crippen LogP contribution in [0.1, 0.15) is 16.3 Å². The second-order valence-electron chi connectivity index (χ2n) is 4.16. The molecule has 1 heterocycles. The van der Waals surface area contributed by atoms with Gasteiger partial charge in [-0.3, -0.25) is 4.99 Å². The molecule has 6 nitrogen and oxygen atoms in total. The zero-order valence-corrected chi connectivity index (χ0v) is 16.0. The summed E-state index contributed by atoms with van der Waals surface area (Å²) in [6, 6.07) is 0. The molecule has 0 unspecified atom stereocenters. The number of aryl methyl sites for hydroxylation is 1. The number of rotatable bonds is 9. The molecule has 0 spiro atoms. The van der Waals surface area contributed by atoms with Crippen molar-refractivity contribution in [2.75, 3.05) is 40.5 Å². The fourth-order valence-corrected chi connectivity index (χ4v) is 2.24. The molecule has 1 aromatic heterocycles. The molecule has 0 saturated heterocycles. The van der Waals surface area contributed by atoms with E-state index in [2.05, 4.69) is 20.6 Å². The lowest BCUT2D eigenvalue weighted by Gasteiger charge is -2.11. The van der Waals surface area contributed by atoms with Crippen LogP contribution in [0.15, 0.2) is 11.2 Å². The highest BCUT2D eigenvalue weighted by Crippen LogP contribution is 2.10. The molecule has 0 amide bonds. The molecule has 0 fully saturated rings. The number of halogens is 1. The van der Waals surface area contributed by atoms with Crippen molar-refractivity contribution in [1.82, 2.24) is 15.6 Å². The SMILES string of the molecule is CN=C(NCCCOCCOC)NCc1cnc(C)s1.I. The maximum atomic E-state index is 5.39. The van der Waals surface area contributed by atoms with Crippen LogP contribution >= 0.6 is 35.3 Å². The standard InChI is InChI=1S/C13H24N4O2S.HI/c1-11-16-9-12(20-11)10-17-13(14-2)15-5-4-6-19-8-7-18-3;/h9H,4-8,10H2,1-3H3,(H2,14,15,17);1H. The van der Waals surface area contributed by atoms with E-state index in [1.165, 1.54) is 4.88 Å². The van der Waals surface area contributed by atoms with E-state index in [4.69, 9.17) is 9.47 Å². The van der Waals surface area contributed by atoms with Gasteiger partial charge in [-0.15, -0.1) is 35.3 Å². The first-order chi connectivity index (χ1) is 9.76. The smallest absolute Gasteiger partial charge is 0.191 e. The number of nitrogens with one attached hydrogen (secondary N) is 2. The highest BCUT2D eigenvalue weighted by molar-refractivity contribution is 14.0. The molecule has 0 aliphatic carbocycles. The van der Waals surface area contributed by atoms with Crippen LogP contribution in [0.5, 0.6) is 0 Å². The topological polar surface area (TPSA) is 67.8 Å². The summed E-state index contributed by atoms with van der Waals surface area (Å²) < 4.78 is 10.3. The molecular formula is C13H25IN4O2S. The van der Waals surface area contributed by atoms with Crippen molar-refractivity contribution in [2.45, 2.75) is 19.9 Å². The molecule has 0 atom stereocenters. The molecule has 0 aliphatic heterocycles. The fourth-order valence-electron chi connectivity index (χ4n) is 1.50. The number of methoxy groups -OCH3 is 1. The zero-order chi connectivity index (χ0) is 14.6. The van der Waals surface area contributed by atoms with Gasteiger partial charge in [0.1, 0.15) is 0 Å². The van der Waals surface area contributed by atoms with Crippen LogP contribution in [-0.2, 0) is 16.0 Å². The Labute approximate surface area is 147 Å². The monoisotopic (exact) mass is 428 g/mol. The van der Waals surface area contributed by atoms with Gasteiger partial charge in [0, 0.05) is 38.4 Å². The Bertz CT molecular complexity index is 401. The zero-order valence-electron chi connectivity index (χ0n) is 12.8. The van der Waals surface area contributed by atoms with Gasteiger partial charge in [-0.1, -0.05) is 0 Å². The normalized spacial score (nSPS) is 11.1. The Morgan fingerprint density at radius 2 is 2.14 bits per heavy atom. The largest absolute Gasteiger partial charge is 0.382 e. The number of hydrogen-bond acceptors (Lipinski definition) is 5. The number of thiazole rings is 1. The van der Waals surface area contributed by atoms with E-state index in [1.807, 2.05) is 13.1 Å². The van der Waals surface area contributed by atoms with Crippen molar-refractivity contribution in [3.05, 3.63) is 16.1 Å². The van der Waals surface area contributed by atoms with E-state index in [9.17, 15) is 0 Å². The molecule has 0 radical (unpaired) electrons. The van der Waals surface area contributed by atoms with Crippen molar-refractivity contribution in [2.24, 2.45) is 4.99 Å². The third-order valence-electron chi connectivity index (χ3n) is 2.51. The summed E-state index contributed by atoms with van der Waals surface area (Å²) in [5.74, 6) is 0.799. The van der Waals surface area contributed by atoms with Gasteiger partial charge in [-0.05, 0) is 13.3 Å². The van der Waals surface area contributed by atoms with Crippen molar-refractivity contribution >= 4 is 41.3 Å². The first-order valence-corrected chi connectivity index (χ1v) is 7.50. The van der Waals surface area contributed by atoms with Gasteiger partial charge in [0.25, 0.3) is 0 Å². The van der Waals surface area contributed by atoms with Gasteiger partial charge in [-0.2, -0.15) is 0 Å². The van der Waals surface area contributed by atoms with E-state index in [0.717, 1.165) is 37.1 Å². The van der Waals surface area contributed by atoms with E-state index in [-0.39, 0.29) is 24.0 Å². The summed E-state index contributed by atoms with van der Waals surface area (Å²) in [4.78, 5) is 9.60. The molecule has 1 aromatic rings.